The molecule has 0 amide bonds. The normalized spacial score (nSPS) is 10.5. The molecule has 15 heavy (non-hydrogen) atoms. The number of aromatic nitrogens is 1. The molecule has 0 saturated carbocycles. The van der Waals surface area contributed by atoms with Crippen LogP contribution in [0.25, 0.3) is 0 Å². The van der Waals surface area contributed by atoms with Crippen LogP contribution >= 0.6 is 11.3 Å². The number of benzene rings is 1. The van der Waals surface area contributed by atoms with Gasteiger partial charge in [0.25, 0.3) is 0 Å². The molecule has 0 bridgehead atoms. The van der Waals surface area contributed by atoms with Crippen LogP contribution in [0.2, 0.25) is 0 Å². The van der Waals surface area contributed by atoms with Gasteiger partial charge in [0.05, 0.1) is 10.7 Å². The number of thiazole rings is 1. The van der Waals surface area contributed by atoms with Gasteiger partial charge in [0.2, 0.25) is 0 Å². The summed E-state index contributed by atoms with van der Waals surface area (Å²) in [7, 11) is 0. The van der Waals surface area contributed by atoms with Gasteiger partial charge in [0.15, 0.2) is 0 Å². The standard InChI is InChI=1S/C11H11FN2S/c12-9-3-1-2-8(4-9)5-11-14-10(6-13)7-15-11/h1-4,7H,5-6,13H2. The van der Waals surface area contributed by atoms with Crippen LogP contribution in [0, 0.1) is 5.82 Å². The Hall–Kier alpha value is -1.26. The smallest absolute Gasteiger partial charge is 0.123 e. The van der Waals surface area contributed by atoms with Gasteiger partial charge in [-0.3, -0.25) is 0 Å². The van der Waals surface area contributed by atoms with E-state index in [1.807, 2.05) is 11.4 Å². The molecule has 4 heteroatoms. The van der Waals surface area contributed by atoms with E-state index >= 15 is 0 Å². The van der Waals surface area contributed by atoms with Crippen molar-refractivity contribution in [2.45, 2.75) is 13.0 Å². The Kier molecular flexibility index (Phi) is 3.08. The molecular formula is C11H11FN2S. The molecule has 0 atom stereocenters. The van der Waals surface area contributed by atoms with Gasteiger partial charge in [-0.2, -0.15) is 0 Å². The second kappa shape index (κ2) is 4.51. The van der Waals surface area contributed by atoms with Crippen molar-refractivity contribution in [2.24, 2.45) is 5.73 Å². The Balaban J connectivity index is 2.14. The average Bonchev–Trinajstić information content (AvgIpc) is 2.65. The number of halogens is 1. The first kappa shape index (κ1) is 10.3. The van der Waals surface area contributed by atoms with Gasteiger partial charge in [0, 0.05) is 18.3 Å². The highest BCUT2D eigenvalue weighted by Gasteiger charge is 2.02. The van der Waals surface area contributed by atoms with Crippen LogP contribution < -0.4 is 5.73 Å². The molecule has 2 N–H and O–H groups in total. The van der Waals surface area contributed by atoms with Gasteiger partial charge in [-0.15, -0.1) is 11.3 Å². The van der Waals surface area contributed by atoms with Crippen LogP contribution in [0.4, 0.5) is 4.39 Å². The number of nitrogens with zero attached hydrogens (tertiary/aromatic N) is 1. The molecule has 2 rings (SSSR count). The SMILES string of the molecule is NCc1csc(Cc2cccc(F)c2)n1. The fraction of sp³-hybridized carbons (Fsp3) is 0.182. The van der Waals surface area contributed by atoms with Gasteiger partial charge >= 0.3 is 0 Å². The van der Waals surface area contributed by atoms with Crippen molar-refractivity contribution in [2.75, 3.05) is 0 Å². The molecule has 1 aromatic heterocycles. The van der Waals surface area contributed by atoms with Gasteiger partial charge in [0.1, 0.15) is 5.82 Å². The lowest BCUT2D eigenvalue weighted by Gasteiger charge is -1.97. The van der Waals surface area contributed by atoms with Gasteiger partial charge in [-0.25, -0.2) is 9.37 Å². The van der Waals surface area contributed by atoms with E-state index in [-0.39, 0.29) is 5.82 Å². The van der Waals surface area contributed by atoms with Crippen molar-refractivity contribution < 1.29 is 4.39 Å². The van der Waals surface area contributed by atoms with Crippen molar-refractivity contribution in [3.8, 4) is 0 Å². The van der Waals surface area contributed by atoms with Crippen LogP contribution in [0.5, 0.6) is 0 Å². The van der Waals surface area contributed by atoms with E-state index < -0.39 is 0 Å². The summed E-state index contributed by atoms with van der Waals surface area (Å²) in [6.07, 6.45) is 0.669. The second-order valence-electron chi connectivity index (χ2n) is 3.24. The molecule has 1 aromatic carbocycles. The predicted octanol–water partition coefficient (Wildman–Crippen LogP) is 2.33. The average molecular weight is 222 g/mol. The van der Waals surface area contributed by atoms with Crippen LogP contribution in [0.1, 0.15) is 16.3 Å². The maximum absolute atomic E-state index is 12.9. The number of nitrogens with two attached hydrogens (primary N) is 1. The Morgan fingerprint density at radius 3 is 2.93 bits per heavy atom. The molecule has 0 aliphatic heterocycles. The maximum Gasteiger partial charge on any atom is 0.123 e. The molecule has 0 aliphatic carbocycles. The highest BCUT2D eigenvalue weighted by molar-refractivity contribution is 7.09. The summed E-state index contributed by atoms with van der Waals surface area (Å²) in [5.41, 5.74) is 7.30. The topological polar surface area (TPSA) is 38.9 Å². The summed E-state index contributed by atoms with van der Waals surface area (Å²) >= 11 is 1.56. The molecule has 0 aliphatic rings. The summed E-state index contributed by atoms with van der Waals surface area (Å²) in [5, 5.41) is 2.91. The van der Waals surface area contributed by atoms with Gasteiger partial charge in [-0.1, -0.05) is 12.1 Å². The van der Waals surface area contributed by atoms with Gasteiger partial charge < -0.3 is 5.73 Å². The highest BCUT2D eigenvalue weighted by atomic mass is 32.1. The maximum atomic E-state index is 12.9. The first-order valence-electron chi connectivity index (χ1n) is 4.65. The number of rotatable bonds is 3. The summed E-state index contributed by atoms with van der Waals surface area (Å²) < 4.78 is 12.9. The van der Waals surface area contributed by atoms with Crippen molar-refractivity contribution in [1.29, 1.82) is 0 Å². The summed E-state index contributed by atoms with van der Waals surface area (Å²) in [6.45, 7) is 0.458. The quantitative estimate of drug-likeness (QED) is 0.865. The Morgan fingerprint density at radius 2 is 2.27 bits per heavy atom. The zero-order valence-corrected chi connectivity index (χ0v) is 8.93. The van der Waals surface area contributed by atoms with E-state index in [0.717, 1.165) is 16.3 Å². The lowest BCUT2D eigenvalue weighted by atomic mass is 10.1. The minimum atomic E-state index is -0.205. The van der Waals surface area contributed by atoms with E-state index in [1.165, 1.54) is 12.1 Å². The molecule has 1 heterocycles. The van der Waals surface area contributed by atoms with E-state index in [9.17, 15) is 4.39 Å². The Bertz CT molecular complexity index is 453. The van der Waals surface area contributed by atoms with Crippen molar-refractivity contribution in [1.82, 2.24) is 4.98 Å². The first-order chi connectivity index (χ1) is 7.28. The molecule has 0 spiro atoms. The van der Waals surface area contributed by atoms with Crippen LogP contribution in [-0.4, -0.2) is 4.98 Å². The molecule has 0 fully saturated rings. The largest absolute Gasteiger partial charge is 0.325 e. The zero-order chi connectivity index (χ0) is 10.7. The van der Waals surface area contributed by atoms with E-state index in [0.29, 0.717) is 13.0 Å². The third-order valence-electron chi connectivity index (χ3n) is 2.05. The minimum absolute atomic E-state index is 0.205. The van der Waals surface area contributed by atoms with Crippen LogP contribution in [0.3, 0.4) is 0 Å². The summed E-state index contributed by atoms with van der Waals surface area (Å²) in [4.78, 5) is 4.32. The van der Waals surface area contributed by atoms with E-state index in [2.05, 4.69) is 4.98 Å². The molecular weight excluding hydrogens is 211 g/mol. The van der Waals surface area contributed by atoms with Crippen molar-refractivity contribution >= 4 is 11.3 Å². The Labute approximate surface area is 91.6 Å². The lowest BCUT2D eigenvalue weighted by molar-refractivity contribution is 0.626. The van der Waals surface area contributed by atoms with Crippen LogP contribution in [0.15, 0.2) is 29.6 Å². The summed E-state index contributed by atoms with van der Waals surface area (Å²) in [5.74, 6) is -0.205. The van der Waals surface area contributed by atoms with Crippen molar-refractivity contribution in [3.63, 3.8) is 0 Å². The van der Waals surface area contributed by atoms with Crippen LogP contribution in [-0.2, 0) is 13.0 Å². The van der Waals surface area contributed by atoms with Gasteiger partial charge in [-0.05, 0) is 17.7 Å². The second-order valence-corrected chi connectivity index (χ2v) is 4.19. The molecule has 0 radical (unpaired) electrons. The molecule has 78 valence electrons. The minimum Gasteiger partial charge on any atom is -0.325 e. The molecule has 0 unspecified atom stereocenters. The molecule has 0 saturated heterocycles. The number of hydrogen-bond acceptors (Lipinski definition) is 3. The third-order valence-corrected chi connectivity index (χ3v) is 2.95. The fourth-order valence-electron chi connectivity index (χ4n) is 1.35. The number of hydrogen-bond donors (Lipinski definition) is 1. The van der Waals surface area contributed by atoms with E-state index in [1.54, 1.807) is 17.4 Å². The monoisotopic (exact) mass is 222 g/mol. The fourth-order valence-corrected chi connectivity index (χ4v) is 2.19. The highest BCUT2D eigenvalue weighted by Crippen LogP contribution is 2.15. The predicted molar refractivity (Wildman–Crippen MR) is 59.2 cm³/mol. The zero-order valence-electron chi connectivity index (χ0n) is 8.11. The lowest BCUT2D eigenvalue weighted by Crippen LogP contribution is -1.96. The Morgan fingerprint density at radius 1 is 1.40 bits per heavy atom. The van der Waals surface area contributed by atoms with E-state index in [4.69, 9.17) is 5.73 Å². The molecule has 2 nitrogen and oxygen atoms in total. The first-order valence-corrected chi connectivity index (χ1v) is 5.53. The molecule has 2 aromatic rings. The van der Waals surface area contributed by atoms with Crippen molar-refractivity contribution in [3.05, 3.63) is 51.7 Å². The summed E-state index contributed by atoms with van der Waals surface area (Å²) in [6, 6.07) is 6.58. The third kappa shape index (κ3) is 2.61.